The summed E-state index contributed by atoms with van der Waals surface area (Å²) in [5.41, 5.74) is 2.77. The lowest BCUT2D eigenvalue weighted by molar-refractivity contribution is -0.0228. The smallest absolute Gasteiger partial charge is 0.254 e. The highest BCUT2D eigenvalue weighted by Gasteiger charge is 2.26. The number of nitrogens with zero attached hydrogens (tertiary/aromatic N) is 3. The van der Waals surface area contributed by atoms with Crippen molar-refractivity contribution >= 4 is 17.5 Å². The van der Waals surface area contributed by atoms with E-state index in [1.54, 1.807) is 6.20 Å². The number of morpholine rings is 1. The molecule has 1 aliphatic rings. The van der Waals surface area contributed by atoms with Gasteiger partial charge in [-0.3, -0.25) is 9.48 Å². The summed E-state index contributed by atoms with van der Waals surface area (Å²) >= 11 is 5.96. The Kier molecular flexibility index (Phi) is 5.23. The minimum absolute atomic E-state index is 0.0274. The highest BCUT2D eigenvalue weighted by molar-refractivity contribution is 6.30. The maximum atomic E-state index is 13.0. The highest BCUT2D eigenvalue weighted by Crippen LogP contribution is 2.24. The van der Waals surface area contributed by atoms with Crippen LogP contribution in [0.2, 0.25) is 5.02 Å². The van der Waals surface area contributed by atoms with Crippen molar-refractivity contribution in [3.63, 3.8) is 0 Å². The van der Waals surface area contributed by atoms with Crippen molar-refractivity contribution in [2.45, 2.75) is 12.6 Å². The van der Waals surface area contributed by atoms with E-state index in [2.05, 4.69) is 5.10 Å². The molecule has 1 aliphatic heterocycles. The standard InChI is InChI=1S/C21H20ClN3O2/c22-19-7-5-17(6-8-19)20-15-24(11-12-27-20)21(26)18-4-1-3-16(13-18)14-25-10-2-9-23-25/h1-10,13,20H,11-12,14-15H2/t20-/m0/s1. The molecule has 1 fully saturated rings. The van der Waals surface area contributed by atoms with E-state index < -0.39 is 0 Å². The largest absolute Gasteiger partial charge is 0.370 e. The summed E-state index contributed by atoms with van der Waals surface area (Å²) in [5, 5.41) is 4.91. The van der Waals surface area contributed by atoms with Crippen LogP contribution in [0.4, 0.5) is 0 Å². The van der Waals surface area contributed by atoms with Crippen LogP contribution in [0.25, 0.3) is 0 Å². The van der Waals surface area contributed by atoms with Gasteiger partial charge in [0.05, 0.1) is 19.7 Å². The molecule has 0 unspecified atom stereocenters. The van der Waals surface area contributed by atoms with Crippen LogP contribution in [-0.4, -0.2) is 40.3 Å². The summed E-state index contributed by atoms with van der Waals surface area (Å²) in [6.07, 6.45) is 3.53. The molecule has 0 aliphatic carbocycles. The molecule has 3 aromatic rings. The second-order valence-electron chi connectivity index (χ2n) is 6.57. The first-order valence-corrected chi connectivity index (χ1v) is 9.29. The molecule has 5 nitrogen and oxygen atoms in total. The molecule has 0 radical (unpaired) electrons. The number of carbonyl (C=O) groups excluding carboxylic acids is 1. The van der Waals surface area contributed by atoms with Crippen LogP contribution in [-0.2, 0) is 11.3 Å². The molecule has 0 saturated carbocycles. The van der Waals surface area contributed by atoms with Gasteiger partial charge in [-0.25, -0.2) is 0 Å². The van der Waals surface area contributed by atoms with E-state index in [1.165, 1.54) is 0 Å². The number of aromatic nitrogens is 2. The zero-order chi connectivity index (χ0) is 18.6. The maximum Gasteiger partial charge on any atom is 0.254 e. The normalized spacial score (nSPS) is 17.1. The van der Waals surface area contributed by atoms with Gasteiger partial charge in [0.25, 0.3) is 5.91 Å². The van der Waals surface area contributed by atoms with Crippen molar-refractivity contribution in [1.82, 2.24) is 14.7 Å². The number of ether oxygens (including phenoxy) is 1. The van der Waals surface area contributed by atoms with Crippen LogP contribution in [0.15, 0.2) is 67.0 Å². The number of hydrogen-bond donors (Lipinski definition) is 0. The van der Waals surface area contributed by atoms with Crippen molar-refractivity contribution < 1.29 is 9.53 Å². The Morgan fingerprint density at radius 1 is 1.19 bits per heavy atom. The van der Waals surface area contributed by atoms with E-state index in [-0.39, 0.29) is 12.0 Å². The minimum Gasteiger partial charge on any atom is -0.370 e. The second kappa shape index (κ2) is 7.94. The number of rotatable bonds is 4. The van der Waals surface area contributed by atoms with Gasteiger partial charge in [0, 0.05) is 29.5 Å². The van der Waals surface area contributed by atoms with Crippen LogP contribution in [0.5, 0.6) is 0 Å². The Labute approximate surface area is 163 Å². The van der Waals surface area contributed by atoms with Crippen LogP contribution in [0.3, 0.4) is 0 Å². The SMILES string of the molecule is O=C(c1cccc(Cn2cccn2)c1)N1CCO[C@H](c2ccc(Cl)cc2)C1. The third-order valence-corrected chi connectivity index (χ3v) is 4.93. The lowest BCUT2D eigenvalue weighted by Crippen LogP contribution is -2.42. The molecule has 138 valence electrons. The first-order valence-electron chi connectivity index (χ1n) is 8.92. The second-order valence-corrected chi connectivity index (χ2v) is 7.00. The molecule has 1 saturated heterocycles. The molecule has 0 bridgehead atoms. The van der Waals surface area contributed by atoms with Crippen LogP contribution in [0.1, 0.15) is 27.6 Å². The predicted octanol–water partition coefficient (Wildman–Crippen LogP) is 3.80. The zero-order valence-corrected chi connectivity index (χ0v) is 15.5. The molecule has 1 atom stereocenters. The van der Waals surface area contributed by atoms with Gasteiger partial charge in [0.2, 0.25) is 0 Å². The van der Waals surface area contributed by atoms with Crippen molar-refractivity contribution in [2.24, 2.45) is 0 Å². The molecule has 1 amide bonds. The van der Waals surface area contributed by atoms with Gasteiger partial charge in [-0.2, -0.15) is 5.10 Å². The minimum atomic E-state index is -0.132. The molecular formula is C21H20ClN3O2. The molecule has 27 heavy (non-hydrogen) atoms. The molecule has 2 heterocycles. The lowest BCUT2D eigenvalue weighted by atomic mass is 10.1. The average molecular weight is 382 g/mol. The summed E-state index contributed by atoms with van der Waals surface area (Å²) < 4.78 is 7.71. The van der Waals surface area contributed by atoms with Crippen molar-refractivity contribution in [2.75, 3.05) is 19.7 Å². The van der Waals surface area contributed by atoms with E-state index in [9.17, 15) is 4.79 Å². The van der Waals surface area contributed by atoms with Gasteiger partial charge in [0.1, 0.15) is 6.10 Å². The number of halogens is 1. The fraction of sp³-hybridized carbons (Fsp3) is 0.238. The number of carbonyl (C=O) groups is 1. The number of amides is 1. The van der Waals surface area contributed by atoms with Crippen LogP contribution >= 0.6 is 11.6 Å². The fourth-order valence-electron chi connectivity index (χ4n) is 3.28. The van der Waals surface area contributed by atoms with Gasteiger partial charge in [-0.1, -0.05) is 35.9 Å². The summed E-state index contributed by atoms with van der Waals surface area (Å²) in [6.45, 7) is 2.28. The first kappa shape index (κ1) is 17.8. The summed E-state index contributed by atoms with van der Waals surface area (Å²) in [6, 6.07) is 17.2. The molecular weight excluding hydrogens is 362 g/mol. The Bertz CT molecular complexity index is 909. The first-order chi connectivity index (χ1) is 13.2. The van der Waals surface area contributed by atoms with Crippen molar-refractivity contribution in [1.29, 1.82) is 0 Å². The number of hydrogen-bond acceptors (Lipinski definition) is 3. The Balaban J connectivity index is 1.48. The van der Waals surface area contributed by atoms with Gasteiger partial charge >= 0.3 is 0 Å². The summed E-state index contributed by atoms with van der Waals surface area (Å²) in [4.78, 5) is 14.9. The Hall–Kier alpha value is -2.63. The average Bonchev–Trinajstić information content (AvgIpc) is 3.21. The van der Waals surface area contributed by atoms with Gasteiger partial charge in [-0.15, -0.1) is 0 Å². The quantitative estimate of drug-likeness (QED) is 0.690. The van der Waals surface area contributed by atoms with Crippen molar-refractivity contribution in [3.05, 3.63) is 88.7 Å². The van der Waals surface area contributed by atoms with Gasteiger partial charge < -0.3 is 9.64 Å². The molecule has 0 spiro atoms. The maximum absolute atomic E-state index is 13.0. The topological polar surface area (TPSA) is 47.4 Å². The van der Waals surface area contributed by atoms with Gasteiger partial charge in [-0.05, 0) is 41.5 Å². The van der Waals surface area contributed by atoms with Crippen molar-refractivity contribution in [3.8, 4) is 0 Å². The van der Waals surface area contributed by atoms with Gasteiger partial charge in [0.15, 0.2) is 0 Å². The molecule has 6 heteroatoms. The third-order valence-electron chi connectivity index (χ3n) is 4.67. The fourth-order valence-corrected chi connectivity index (χ4v) is 3.41. The predicted molar refractivity (Wildman–Crippen MR) is 104 cm³/mol. The Morgan fingerprint density at radius 3 is 2.81 bits per heavy atom. The Morgan fingerprint density at radius 2 is 2.04 bits per heavy atom. The zero-order valence-electron chi connectivity index (χ0n) is 14.8. The van der Waals surface area contributed by atoms with Crippen LogP contribution in [0, 0.1) is 0 Å². The van der Waals surface area contributed by atoms with E-state index >= 15 is 0 Å². The number of benzene rings is 2. The molecule has 0 N–H and O–H groups in total. The summed E-state index contributed by atoms with van der Waals surface area (Å²) in [5.74, 6) is 0.0274. The third kappa shape index (κ3) is 4.21. The van der Waals surface area contributed by atoms with E-state index in [0.29, 0.717) is 36.8 Å². The summed E-state index contributed by atoms with van der Waals surface area (Å²) in [7, 11) is 0. The van der Waals surface area contributed by atoms with E-state index in [0.717, 1.165) is 11.1 Å². The molecule has 4 rings (SSSR count). The highest BCUT2D eigenvalue weighted by atomic mass is 35.5. The van der Waals surface area contributed by atoms with E-state index in [4.69, 9.17) is 16.3 Å². The van der Waals surface area contributed by atoms with E-state index in [1.807, 2.05) is 70.4 Å². The lowest BCUT2D eigenvalue weighted by Gasteiger charge is -2.33. The van der Waals surface area contributed by atoms with Crippen LogP contribution < -0.4 is 0 Å². The molecule has 2 aromatic carbocycles. The monoisotopic (exact) mass is 381 g/mol. The molecule has 1 aromatic heterocycles.